The zero-order valence-electron chi connectivity index (χ0n) is 21.3. The standard InChI is InChI=1S/C25H42N6O4S/c32-22(13-10-9-12-21-24-20(18-36-21)27-25(35)28-24)26-16-19-17-31(30-29-19)15-11-7-5-3-1-2-4-6-8-14-23(33)34/h17,20-21,24H,1-16,18H2,(H,26,32)(H,33,34)(H2,27,28,35)/t20-,21-,24-/m1/s1. The highest BCUT2D eigenvalue weighted by Crippen LogP contribution is 2.33. The second kappa shape index (κ2) is 15.7. The molecule has 2 aliphatic heterocycles. The molecule has 11 heteroatoms. The summed E-state index contributed by atoms with van der Waals surface area (Å²) in [6, 6.07) is 0.428. The monoisotopic (exact) mass is 522 g/mol. The quantitative estimate of drug-likeness (QED) is 0.161. The number of thioether (sulfide) groups is 1. The van der Waals surface area contributed by atoms with Gasteiger partial charge in [0.15, 0.2) is 0 Å². The van der Waals surface area contributed by atoms with Crippen LogP contribution in [0.1, 0.15) is 95.6 Å². The van der Waals surface area contributed by atoms with Gasteiger partial charge in [0.2, 0.25) is 5.91 Å². The first-order valence-corrected chi connectivity index (χ1v) is 14.6. The molecule has 36 heavy (non-hydrogen) atoms. The summed E-state index contributed by atoms with van der Waals surface area (Å²) in [6.07, 6.45) is 15.6. The number of carbonyl (C=O) groups excluding carboxylic acids is 2. The number of carbonyl (C=O) groups is 3. The van der Waals surface area contributed by atoms with Crippen LogP contribution in [-0.2, 0) is 22.7 Å². The van der Waals surface area contributed by atoms with Crippen molar-refractivity contribution in [1.29, 1.82) is 0 Å². The number of unbranched alkanes of at least 4 members (excludes halogenated alkanes) is 9. The van der Waals surface area contributed by atoms with E-state index in [4.69, 9.17) is 5.11 Å². The lowest BCUT2D eigenvalue weighted by Gasteiger charge is -2.16. The highest BCUT2D eigenvalue weighted by Gasteiger charge is 2.42. The molecule has 3 rings (SSSR count). The van der Waals surface area contributed by atoms with Gasteiger partial charge in [-0.3, -0.25) is 14.3 Å². The van der Waals surface area contributed by atoms with Gasteiger partial charge in [0.1, 0.15) is 5.69 Å². The van der Waals surface area contributed by atoms with E-state index in [-0.39, 0.29) is 24.0 Å². The number of nitrogens with zero attached hydrogens (tertiary/aromatic N) is 3. The Balaban J connectivity index is 1.14. The minimum atomic E-state index is -0.696. The van der Waals surface area contributed by atoms with Crippen LogP contribution in [0.5, 0.6) is 0 Å². The Labute approximate surface area is 218 Å². The van der Waals surface area contributed by atoms with Gasteiger partial charge in [-0.1, -0.05) is 56.6 Å². The second-order valence-corrected chi connectivity index (χ2v) is 11.2. The molecule has 10 nitrogen and oxygen atoms in total. The molecular formula is C25H42N6O4S. The second-order valence-electron chi connectivity index (χ2n) is 9.94. The van der Waals surface area contributed by atoms with E-state index in [9.17, 15) is 14.4 Å². The molecule has 3 heterocycles. The molecule has 0 unspecified atom stereocenters. The number of aromatic nitrogens is 3. The first kappa shape index (κ1) is 28.3. The number of hydrogen-bond acceptors (Lipinski definition) is 6. The van der Waals surface area contributed by atoms with Crippen LogP contribution in [0.3, 0.4) is 0 Å². The SMILES string of the molecule is O=C(O)CCCCCCCCCCCn1cc(CNC(=O)CCCC[C@H]2SC[C@H]3NC(=O)N[C@H]32)nn1. The molecular weight excluding hydrogens is 480 g/mol. The number of fused-ring (bicyclic) bond motifs is 1. The number of aryl methyl sites for hydroxylation is 1. The normalized spacial score (nSPS) is 20.7. The van der Waals surface area contributed by atoms with E-state index < -0.39 is 5.97 Å². The summed E-state index contributed by atoms with van der Waals surface area (Å²) in [5.74, 6) is 0.311. The third-order valence-electron chi connectivity index (χ3n) is 6.91. The first-order chi connectivity index (χ1) is 17.5. The Hall–Kier alpha value is -2.30. The average Bonchev–Trinajstić information content (AvgIpc) is 3.55. The van der Waals surface area contributed by atoms with Crippen LogP contribution in [0.4, 0.5) is 4.79 Å². The van der Waals surface area contributed by atoms with Crippen molar-refractivity contribution in [3.8, 4) is 0 Å². The van der Waals surface area contributed by atoms with Crippen molar-refractivity contribution in [3.05, 3.63) is 11.9 Å². The predicted octanol–water partition coefficient (Wildman–Crippen LogP) is 3.61. The molecule has 3 atom stereocenters. The zero-order chi connectivity index (χ0) is 25.6. The molecule has 2 aliphatic rings. The fourth-order valence-corrected chi connectivity index (χ4v) is 6.41. The van der Waals surface area contributed by atoms with Gasteiger partial charge in [0.25, 0.3) is 0 Å². The van der Waals surface area contributed by atoms with Gasteiger partial charge in [-0.15, -0.1) is 5.10 Å². The maximum atomic E-state index is 12.2. The third-order valence-corrected chi connectivity index (χ3v) is 8.42. The number of amides is 3. The van der Waals surface area contributed by atoms with Crippen molar-refractivity contribution >= 4 is 29.7 Å². The van der Waals surface area contributed by atoms with Gasteiger partial charge >= 0.3 is 12.0 Å². The average molecular weight is 523 g/mol. The van der Waals surface area contributed by atoms with Crippen LogP contribution in [-0.4, -0.2) is 61.1 Å². The van der Waals surface area contributed by atoms with Crippen molar-refractivity contribution in [2.24, 2.45) is 0 Å². The third kappa shape index (κ3) is 10.4. The summed E-state index contributed by atoms with van der Waals surface area (Å²) in [5, 5.41) is 26.3. The lowest BCUT2D eigenvalue weighted by molar-refractivity contribution is -0.137. The van der Waals surface area contributed by atoms with Crippen molar-refractivity contribution < 1.29 is 19.5 Å². The molecule has 0 spiro atoms. The fourth-order valence-electron chi connectivity index (χ4n) is 4.87. The number of aliphatic carboxylic acids is 1. The number of hydrogen-bond donors (Lipinski definition) is 4. The van der Waals surface area contributed by atoms with E-state index in [2.05, 4.69) is 26.3 Å². The number of nitrogens with one attached hydrogen (secondary N) is 3. The first-order valence-electron chi connectivity index (χ1n) is 13.6. The highest BCUT2D eigenvalue weighted by molar-refractivity contribution is 8.00. The van der Waals surface area contributed by atoms with Crippen molar-refractivity contribution in [3.63, 3.8) is 0 Å². The van der Waals surface area contributed by atoms with Crippen LogP contribution >= 0.6 is 11.8 Å². The smallest absolute Gasteiger partial charge is 0.315 e. The fraction of sp³-hybridized carbons (Fsp3) is 0.800. The van der Waals surface area contributed by atoms with Crippen molar-refractivity contribution in [1.82, 2.24) is 30.9 Å². The van der Waals surface area contributed by atoms with Gasteiger partial charge in [-0.05, 0) is 25.7 Å². The number of urea groups is 1. The van der Waals surface area contributed by atoms with Gasteiger partial charge in [-0.25, -0.2) is 4.79 Å². The van der Waals surface area contributed by atoms with Gasteiger partial charge in [-0.2, -0.15) is 11.8 Å². The van der Waals surface area contributed by atoms with Crippen molar-refractivity contribution in [2.75, 3.05) is 5.75 Å². The molecule has 0 radical (unpaired) electrons. The molecule has 1 aromatic rings. The number of carboxylic acids is 1. The maximum absolute atomic E-state index is 12.2. The van der Waals surface area contributed by atoms with Gasteiger partial charge in [0, 0.05) is 30.4 Å². The lowest BCUT2D eigenvalue weighted by Crippen LogP contribution is -2.36. The van der Waals surface area contributed by atoms with E-state index in [0.717, 1.165) is 69.4 Å². The summed E-state index contributed by atoms with van der Waals surface area (Å²) >= 11 is 1.91. The van der Waals surface area contributed by atoms with Crippen LogP contribution < -0.4 is 16.0 Å². The van der Waals surface area contributed by atoms with Crippen LogP contribution in [0.15, 0.2) is 6.20 Å². The molecule has 2 fully saturated rings. The minimum absolute atomic E-state index is 0.0409. The molecule has 3 amide bonds. The van der Waals surface area contributed by atoms with Gasteiger partial charge in [0.05, 0.1) is 24.8 Å². The summed E-state index contributed by atoms with van der Waals surface area (Å²) in [6.45, 7) is 1.25. The number of carboxylic acid groups (broad SMARTS) is 1. The Kier molecular flexibility index (Phi) is 12.4. The van der Waals surface area contributed by atoms with E-state index in [1.807, 2.05) is 22.6 Å². The lowest BCUT2D eigenvalue weighted by atomic mass is 10.0. The molecule has 2 saturated heterocycles. The Morgan fingerprint density at radius 2 is 1.69 bits per heavy atom. The van der Waals surface area contributed by atoms with E-state index >= 15 is 0 Å². The zero-order valence-corrected chi connectivity index (χ0v) is 22.1. The topological polar surface area (TPSA) is 138 Å². The molecule has 0 aromatic carbocycles. The minimum Gasteiger partial charge on any atom is -0.481 e. The largest absolute Gasteiger partial charge is 0.481 e. The molecule has 202 valence electrons. The Morgan fingerprint density at radius 3 is 2.44 bits per heavy atom. The van der Waals surface area contributed by atoms with E-state index in [0.29, 0.717) is 24.6 Å². The summed E-state index contributed by atoms with van der Waals surface area (Å²) in [7, 11) is 0. The predicted molar refractivity (Wildman–Crippen MR) is 140 cm³/mol. The number of rotatable bonds is 19. The van der Waals surface area contributed by atoms with Gasteiger partial charge < -0.3 is 21.1 Å². The maximum Gasteiger partial charge on any atom is 0.315 e. The van der Waals surface area contributed by atoms with E-state index in [1.165, 1.54) is 25.7 Å². The van der Waals surface area contributed by atoms with Crippen LogP contribution in [0, 0.1) is 0 Å². The van der Waals surface area contributed by atoms with Crippen molar-refractivity contribution in [2.45, 2.75) is 120 Å². The molecule has 0 aliphatic carbocycles. The molecule has 0 bridgehead atoms. The van der Waals surface area contributed by atoms with Crippen LogP contribution in [0.2, 0.25) is 0 Å². The van der Waals surface area contributed by atoms with Crippen LogP contribution in [0.25, 0.3) is 0 Å². The molecule has 1 aromatic heterocycles. The molecule has 4 N–H and O–H groups in total. The Morgan fingerprint density at radius 1 is 1.00 bits per heavy atom. The Bertz CT molecular complexity index is 835. The molecule has 0 saturated carbocycles. The highest BCUT2D eigenvalue weighted by atomic mass is 32.2. The van der Waals surface area contributed by atoms with E-state index in [1.54, 1.807) is 0 Å². The summed E-state index contributed by atoms with van der Waals surface area (Å²) < 4.78 is 1.85. The summed E-state index contributed by atoms with van der Waals surface area (Å²) in [5.41, 5.74) is 0.782. The summed E-state index contributed by atoms with van der Waals surface area (Å²) in [4.78, 5) is 34.1.